The van der Waals surface area contributed by atoms with Crippen LogP contribution in [0.2, 0.25) is 0 Å². The Morgan fingerprint density at radius 2 is 0.837 bits per heavy atom. The molecular formula is C33H32O10. The standard InChI is InChI=1S/C33H32O10/c1-17(2)29(34)40-25-13-11-23(15-27(25)42-31(36)19(5)6)21(9)22(10)33(38)39-24-12-14-26(41-30(35)18(3)4)28(16-24)43-32(37)20(7)8/h11-16H,1,3,5,7H2,2,4,6,8-10H3/b22-21+. The summed E-state index contributed by atoms with van der Waals surface area (Å²) in [6.45, 7) is 23.1. The zero-order valence-corrected chi connectivity index (χ0v) is 24.9. The Hall–Kier alpha value is -5.51. The molecule has 0 N–H and O–H groups in total. The largest absolute Gasteiger partial charge is 0.423 e. The van der Waals surface area contributed by atoms with Crippen molar-refractivity contribution in [2.45, 2.75) is 41.5 Å². The highest BCUT2D eigenvalue weighted by molar-refractivity contribution is 5.98. The maximum Gasteiger partial charge on any atom is 0.339 e. The number of hydrogen-bond donors (Lipinski definition) is 0. The molecule has 0 bridgehead atoms. The van der Waals surface area contributed by atoms with E-state index in [1.54, 1.807) is 13.0 Å². The van der Waals surface area contributed by atoms with Crippen LogP contribution in [0.3, 0.4) is 0 Å². The van der Waals surface area contributed by atoms with Crippen molar-refractivity contribution < 1.29 is 47.7 Å². The Balaban J connectivity index is 2.44. The van der Waals surface area contributed by atoms with Gasteiger partial charge >= 0.3 is 29.8 Å². The highest BCUT2D eigenvalue weighted by Gasteiger charge is 2.20. The Morgan fingerprint density at radius 3 is 1.26 bits per heavy atom. The number of esters is 5. The molecule has 2 aromatic carbocycles. The first kappa shape index (κ1) is 33.7. The average Bonchev–Trinajstić information content (AvgIpc) is 2.93. The third-order valence-electron chi connectivity index (χ3n) is 5.58. The van der Waals surface area contributed by atoms with Crippen molar-refractivity contribution in [2.75, 3.05) is 0 Å². The van der Waals surface area contributed by atoms with E-state index in [0.29, 0.717) is 11.1 Å². The summed E-state index contributed by atoms with van der Waals surface area (Å²) in [5.74, 6) is -4.19. The topological polar surface area (TPSA) is 132 Å². The molecule has 0 aromatic heterocycles. The number of carbonyl (C=O) groups excluding carboxylic acids is 5. The van der Waals surface area contributed by atoms with Gasteiger partial charge in [0.2, 0.25) is 0 Å². The van der Waals surface area contributed by atoms with Crippen molar-refractivity contribution >= 4 is 35.4 Å². The molecule has 0 amide bonds. The van der Waals surface area contributed by atoms with Gasteiger partial charge in [-0.2, -0.15) is 0 Å². The molecule has 0 heterocycles. The number of allylic oxidation sites excluding steroid dienone is 1. The van der Waals surface area contributed by atoms with Gasteiger partial charge in [0.25, 0.3) is 0 Å². The van der Waals surface area contributed by atoms with Gasteiger partial charge in [-0.3, -0.25) is 0 Å². The first-order valence-corrected chi connectivity index (χ1v) is 12.7. The maximum atomic E-state index is 13.1. The Kier molecular flexibility index (Phi) is 11.3. The second kappa shape index (κ2) is 14.4. The van der Waals surface area contributed by atoms with Crippen LogP contribution in [0.4, 0.5) is 0 Å². The number of rotatable bonds is 11. The van der Waals surface area contributed by atoms with E-state index in [4.69, 9.17) is 23.7 Å². The number of hydrogen-bond acceptors (Lipinski definition) is 10. The minimum Gasteiger partial charge on any atom is -0.423 e. The van der Waals surface area contributed by atoms with Gasteiger partial charge in [0.05, 0.1) is 0 Å². The second-order valence-corrected chi connectivity index (χ2v) is 9.59. The van der Waals surface area contributed by atoms with Gasteiger partial charge in [-0.15, -0.1) is 0 Å². The molecule has 2 aromatic rings. The van der Waals surface area contributed by atoms with Crippen LogP contribution in [0.15, 0.2) is 90.6 Å². The Bertz CT molecular complexity index is 1600. The lowest BCUT2D eigenvalue weighted by molar-refractivity contribution is -0.132. The second-order valence-electron chi connectivity index (χ2n) is 9.59. The molecule has 0 atom stereocenters. The van der Waals surface area contributed by atoms with E-state index >= 15 is 0 Å². The molecule has 0 aliphatic heterocycles. The smallest absolute Gasteiger partial charge is 0.339 e. The van der Waals surface area contributed by atoms with Crippen LogP contribution in [-0.4, -0.2) is 29.8 Å². The Labute approximate surface area is 249 Å². The fourth-order valence-corrected chi connectivity index (χ4v) is 2.92. The molecule has 43 heavy (non-hydrogen) atoms. The van der Waals surface area contributed by atoms with Crippen molar-refractivity contribution in [3.63, 3.8) is 0 Å². The molecule has 0 aliphatic rings. The number of benzene rings is 2. The summed E-state index contributed by atoms with van der Waals surface area (Å²) in [5.41, 5.74) is 1.51. The van der Waals surface area contributed by atoms with Crippen molar-refractivity contribution in [1.29, 1.82) is 0 Å². The highest BCUT2D eigenvalue weighted by Crippen LogP contribution is 2.35. The molecule has 10 nitrogen and oxygen atoms in total. The fraction of sp³-hybridized carbons (Fsp3) is 0.182. The normalized spacial score (nSPS) is 10.8. The van der Waals surface area contributed by atoms with Gasteiger partial charge in [0.15, 0.2) is 23.0 Å². The van der Waals surface area contributed by atoms with Crippen molar-refractivity contribution in [1.82, 2.24) is 0 Å². The van der Waals surface area contributed by atoms with Crippen molar-refractivity contribution in [2.24, 2.45) is 0 Å². The summed E-state index contributed by atoms with van der Waals surface area (Å²) in [6.07, 6.45) is 0. The molecule has 0 saturated heterocycles. The van der Waals surface area contributed by atoms with Gasteiger partial charge in [0, 0.05) is 33.9 Å². The van der Waals surface area contributed by atoms with E-state index in [1.807, 2.05) is 0 Å². The molecule has 0 fully saturated rings. The van der Waals surface area contributed by atoms with E-state index in [9.17, 15) is 24.0 Å². The molecule has 10 heteroatoms. The average molecular weight is 589 g/mol. The molecule has 0 aliphatic carbocycles. The molecule has 0 radical (unpaired) electrons. The van der Waals surface area contributed by atoms with Gasteiger partial charge < -0.3 is 23.7 Å². The lowest BCUT2D eigenvalue weighted by Crippen LogP contribution is -2.14. The van der Waals surface area contributed by atoms with E-state index in [2.05, 4.69) is 26.3 Å². The van der Waals surface area contributed by atoms with Crippen LogP contribution in [0.1, 0.15) is 47.1 Å². The zero-order valence-electron chi connectivity index (χ0n) is 24.9. The number of ether oxygens (including phenoxy) is 5. The quantitative estimate of drug-likeness (QED) is 0.175. The molecule has 2 rings (SSSR count). The van der Waals surface area contributed by atoms with E-state index in [0.717, 1.165) is 0 Å². The first-order valence-electron chi connectivity index (χ1n) is 12.7. The van der Waals surface area contributed by atoms with Gasteiger partial charge in [0.1, 0.15) is 5.75 Å². The van der Waals surface area contributed by atoms with Gasteiger partial charge in [-0.1, -0.05) is 32.4 Å². The minimum absolute atomic E-state index is 0.0186. The maximum absolute atomic E-state index is 13.1. The fourth-order valence-electron chi connectivity index (χ4n) is 2.92. The molecule has 0 unspecified atom stereocenters. The SMILES string of the molecule is C=C(C)C(=O)Oc1ccc(OC(=O)/C(C)=C(\C)c2ccc(OC(=O)C(=C)C)c(OC(=O)C(=C)C)c2)cc1OC(=O)C(=C)C. The molecular weight excluding hydrogens is 556 g/mol. The predicted molar refractivity (Wildman–Crippen MR) is 159 cm³/mol. The van der Waals surface area contributed by atoms with E-state index < -0.39 is 29.8 Å². The van der Waals surface area contributed by atoms with Crippen molar-refractivity contribution in [3.05, 3.63) is 96.1 Å². The van der Waals surface area contributed by atoms with Gasteiger partial charge in [-0.05, 0) is 76.9 Å². The molecule has 0 saturated carbocycles. The predicted octanol–water partition coefficient (Wildman–Crippen LogP) is 6.01. The lowest BCUT2D eigenvalue weighted by atomic mass is 10.0. The summed E-state index contributed by atoms with van der Waals surface area (Å²) in [7, 11) is 0. The summed E-state index contributed by atoms with van der Waals surface area (Å²) in [4.78, 5) is 61.6. The van der Waals surface area contributed by atoms with Crippen LogP contribution < -0.4 is 23.7 Å². The lowest BCUT2D eigenvalue weighted by Gasteiger charge is -2.14. The summed E-state index contributed by atoms with van der Waals surface area (Å²) >= 11 is 0. The minimum atomic E-state index is -0.788. The zero-order chi connectivity index (χ0) is 32.6. The summed E-state index contributed by atoms with van der Waals surface area (Å²) < 4.78 is 26.6. The third-order valence-corrected chi connectivity index (χ3v) is 5.58. The van der Waals surface area contributed by atoms with Crippen LogP contribution >= 0.6 is 0 Å². The van der Waals surface area contributed by atoms with Crippen molar-refractivity contribution in [3.8, 4) is 28.7 Å². The third kappa shape index (κ3) is 9.25. The van der Waals surface area contributed by atoms with E-state index in [1.165, 1.54) is 65.0 Å². The summed E-state index contributed by atoms with van der Waals surface area (Å²) in [6, 6.07) is 8.25. The highest BCUT2D eigenvalue weighted by atomic mass is 16.6. The van der Waals surface area contributed by atoms with Gasteiger partial charge in [-0.25, -0.2) is 24.0 Å². The first-order chi connectivity index (χ1) is 20.0. The number of carbonyl (C=O) groups is 5. The molecule has 224 valence electrons. The van der Waals surface area contributed by atoms with Crippen LogP contribution in [0.5, 0.6) is 28.7 Å². The Morgan fingerprint density at radius 1 is 0.465 bits per heavy atom. The van der Waals surface area contributed by atoms with Crippen LogP contribution in [0.25, 0.3) is 5.57 Å². The molecule has 0 spiro atoms. The van der Waals surface area contributed by atoms with E-state index in [-0.39, 0.29) is 56.6 Å². The summed E-state index contributed by atoms with van der Waals surface area (Å²) in [5, 5.41) is 0. The monoisotopic (exact) mass is 588 g/mol. The van der Waals surface area contributed by atoms with Crippen LogP contribution in [0, 0.1) is 0 Å². The van der Waals surface area contributed by atoms with Crippen LogP contribution in [-0.2, 0) is 24.0 Å².